The number of thiophene rings is 1. The maximum atomic E-state index is 2.63. The third kappa shape index (κ3) is 4.91. The average molecular weight is 827 g/mol. The van der Waals surface area contributed by atoms with Crippen molar-refractivity contribution in [1.29, 1.82) is 0 Å². The van der Waals surface area contributed by atoms with Crippen molar-refractivity contribution in [3.05, 3.63) is 209 Å². The van der Waals surface area contributed by atoms with Crippen LogP contribution in [0.3, 0.4) is 0 Å². The molecule has 0 saturated heterocycles. The molecule has 4 heteroatoms. The summed E-state index contributed by atoms with van der Waals surface area (Å²) in [5.74, 6) is 0.418. The van der Waals surface area contributed by atoms with Crippen LogP contribution in [0.1, 0.15) is 79.5 Å². The number of nitrogens with zero attached hydrogens (tertiary/aromatic N) is 2. The summed E-state index contributed by atoms with van der Waals surface area (Å²) in [6, 6.07) is 65.4. The van der Waals surface area contributed by atoms with Gasteiger partial charge in [-0.25, -0.2) is 0 Å². The molecular weight excluding hydrogens is 780 g/mol. The second kappa shape index (κ2) is 13.0. The Morgan fingerprint density at radius 2 is 1.14 bits per heavy atom. The van der Waals surface area contributed by atoms with Gasteiger partial charge in [0.15, 0.2) is 0 Å². The Bertz CT molecular complexity index is 3340. The monoisotopic (exact) mass is 826 g/mol. The number of benzene rings is 8. The van der Waals surface area contributed by atoms with Crippen LogP contribution in [-0.2, 0) is 10.8 Å². The van der Waals surface area contributed by atoms with E-state index in [1.165, 1.54) is 121 Å². The van der Waals surface area contributed by atoms with Crippen molar-refractivity contribution < 1.29 is 0 Å². The van der Waals surface area contributed by atoms with Gasteiger partial charge < -0.3 is 9.80 Å². The normalized spacial score (nSPS) is 14.7. The van der Waals surface area contributed by atoms with Gasteiger partial charge in [-0.15, -0.1) is 11.3 Å². The predicted octanol–water partition coefficient (Wildman–Crippen LogP) is 14.1. The molecule has 2 nitrogen and oxygen atoms in total. The molecule has 1 aromatic heterocycles. The number of anilines is 6. The summed E-state index contributed by atoms with van der Waals surface area (Å²) >= 11 is 2.01. The zero-order valence-corrected chi connectivity index (χ0v) is 37.4. The second-order valence-electron chi connectivity index (χ2n) is 19.5. The molecule has 1 spiro atoms. The van der Waals surface area contributed by atoms with Crippen LogP contribution < -0.4 is 25.5 Å². The molecule has 2 aliphatic heterocycles. The van der Waals surface area contributed by atoms with Crippen LogP contribution in [-0.4, -0.2) is 6.71 Å². The molecule has 3 heterocycles. The van der Waals surface area contributed by atoms with Gasteiger partial charge in [0, 0.05) is 43.3 Å². The van der Waals surface area contributed by atoms with Crippen molar-refractivity contribution >= 4 is 78.0 Å². The summed E-state index contributed by atoms with van der Waals surface area (Å²) in [5, 5.41) is 1.32. The molecule has 0 fully saturated rings. The summed E-state index contributed by atoms with van der Waals surface area (Å²) in [7, 11) is 0. The molecule has 13 rings (SSSR count). The molecule has 2 aliphatic carbocycles. The molecule has 302 valence electrons. The third-order valence-corrected chi connectivity index (χ3v) is 15.8. The van der Waals surface area contributed by atoms with Gasteiger partial charge >= 0.3 is 0 Å². The summed E-state index contributed by atoms with van der Waals surface area (Å²) < 4.78 is 2.74. The molecule has 9 aromatic rings. The van der Waals surface area contributed by atoms with E-state index in [1.807, 2.05) is 11.3 Å². The Morgan fingerprint density at radius 3 is 1.84 bits per heavy atom. The fourth-order valence-electron chi connectivity index (χ4n) is 11.8. The first kappa shape index (κ1) is 37.0. The maximum absolute atomic E-state index is 2.63. The third-order valence-electron chi connectivity index (χ3n) is 14.6. The standard InChI is InChI=1S/C59H47BN2S/c1-35(2)37-24-29-43-44-33-45-54(34-49(44)59(48(43)32-37)46-20-12-10-18-41(46)42-19-11-13-21-47(42)59)63-57-56(45)62(40-27-25-38(26-28-40)58(4,5)6)53-31-36(3)30-52-55(53)60(57)50-22-14-15-23-51(50)61(52)39-16-8-7-9-17-39/h7-35H,1-6H3. The Balaban J connectivity index is 1.15. The molecule has 63 heavy (non-hydrogen) atoms. The van der Waals surface area contributed by atoms with Gasteiger partial charge in [0.05, 0.1) is 11.1 Å². The molecule has 0 amide bonds. The van der Waals surface area contributed by atoms with E-state index in [-0.39, 0.29) is 12.1 Å². The van der Waals surface area contributed by atoms with Crippen LogP contribution in [0.4, 0.5) is 34.1 Å². The van der Waals surface area contributed by atoms with E-state index in [0.29, 0.717) is 5.92 Å². The van der Waals surface area contributed by atoms with Gasteiger partial charge in [-0.1, -0.05) is 150 Å². The summed E-state index contributed by atoms with van der Waals surface area (Å²) in [5.41, 5.74) is 24.8. The van der Waals surface area contributed by atoms with Crippen molar-refractivity contribution in [2.24, 2.45) is 0 Å². The van der Waals surface area contributed by atoms with Crippen molar-refractivity contribution in [1.82, 2.24) is 0 Å². The fraction of sp³-hybridized carbons (Fsp3) is 0.153. The van der Waals surface area contributed by atoms with Crippen molar-refractivity contribution in [3.8, 4) is 22.3 Å². The van der Waals surface area contributed by atoms with E-state index in [2.05, 4.69) is 221 Å². The average Bonchev–Trinajstić information content (AvgIpc) is 3.91. The Kier molecular flexibility index (Phi) is 7.61. The molecule has 0 bridgehead atoms. The highest BCUT2D eigenvalue weighted by Gasteiger charge is 2.53. The Hall–Kier alpha value is -6.62. The van der Waals surface area contributed by atoms with Crippen LogP contribution in [0.2, 0.25) is 0 Å². The minimum Gasteiger partial charge on any atom is -0.311 e. The van der Waals surface area contributed by atoms with E-state index >= 15 is 0 Å². The lowest BCUT2D eigenvalue weighted by Gasteiger charge is -2.43. The van der Waals surface area contributed by atoms with Gasteiger partial charge in [0.1, 0.15) is 0 Å². The molecule has 0 atom stereocenters. The van der Waals surface area contributed by atoms with Gasteiger partial charge in [0.25, 0.3) is 6.71 Å². The van der Waals surface area contributed by atoms with Crippen LogP contribution in [0, 0.1) is 6.92 Å². The van der Waals surface area contributed by atoms with Crippen molar-refractivity contribution in [2.75, 3.05) is 9.80 Å². The van der Waals surface area contributed by atoms with E-state index in [9.17, 15) is 0 Å². The minimum absolute atomic E-state index is 0.0466. The van der Waals surface area contributed by atoms with Crippen molar-refractivity contribution in [2.45, 2.75) is 58.3 Å². The lowest BCUT2D eigenvalue weighted by Crippen LogP contribution is -2.60. The number of hydrogen-bond donors (Lipinski definition) is 0. The Morgan fingerprint density at radius 1 is 0.540 bits per heavy atom. The van der Waals surface area contributed by atoms with Gasteiger partial charge in [-0.2, -0.15) is 0 Å². The number of aryl methyl sites for hydroxylation is 1. The SMILES string of the molecule is Cc1cc2c3c(c1)N(c1ccc(C(C)(C)C)cc1)c1c(sc4cc5c(cc14)-c1ccc(C(C)C)cc1C51c4ccccc4-c4ccccc41)B3c1ccccc1N2c1ccccc1. The van der Waals surface area contributed by atoms with Crippen LogP contribution in [0.5, 0.6) is 0 Å². The predicted molar refractivity (Wildman–Crippen MR) is 270 cm³/mol. The zero-order valence-electron chi connectivity index (χ0n) is 36.6. The van der Waals surface area contributed by atoms with Gasteiger partial charge in [-0.3, -0.25) is 0 Å². The summed E-state index contributed by atoms with van der Waals surface area (Å²) in [4.78, 5) is 5.13. The Labute approximate surface area is 375 Å². The second-order valence-corrected chi connectivity index (χ2v) is 20.6. The first-order valence-electron chi connectivity index (χ1n) is 22.6. The van der Waals surface area contributed by atoms with E-state index in [4.69, 9.17) is 0 Å². The molecule has 0 radical (unpaired) electrons. The molecular formula is C59H47BN2S. The lowest BCUT2D eigenvalue weighted by molar-refractivity contribution is 0.590. The highest BCUT2D eigenvalue weighted by molar-refractivity contribution is 7.33. The largest absolute Gasteiger partial charge is 0.311 e. The number of para-hydroxylation sites is 2. The maximum Gasteiger partial charge on any atom is 0.264 e. The zero-order chi connectivity index (χ0) is 42.5. The minimum atomic E-state index is -0.412. The highest BCUT2D eigenvalue weighted by Crippen LogP contribution is 2.64. The highest BCUT2D eigenvalue weighted by atomic mass is 32.1. The molecule has 0 N–H and O–H groups in total. The summed E-state index contributed by atoms with van der Waals surface area (Å²) in [6.07, 6.45) is 0. The van der Waals surface area contributed by atoms with E-state index in [1.54, 1.807) is 0 Å². The van der Waals surface area contributed by atoms with Crippen LogP contribution >= 0.6 is 11.3 Å². The molecule has 8 aromatic carbocycles. The van der Waals surface area contributed by atoms with E-state index in [0.717, 1.165) is 0 Å². The number of rotatable bonds is 3. The van der Waals surface area contributed by atoms with Gasteiger partial charge in [-0.05, 0) is 145 Å². The molecule has 4 aliphatic rings. The smallest absolute Gasteiger partial charge is 0.264 e. The molecule has 0 unspecified atom stereocenters. The first-order chi connectivity index (χ1) is 30.6. The van der Waals surface area contributed by atoms with Crippen LogP contribution in [0.15, 0.2) is 170 Å². The van der Waals surface area contributed by atoms with E-state index < -0.39 is 5.41 Å². The van der Waals surface area contributed by atoms with Gasteiger partial charge in [0.2, 0.25) is 0 Å². The summed E-state index contributed by atoms with van der Waals surface area (Å²) in [6.45, 7) is 13.9. The molecule has 0 saturated carbocycles. The van der Waals surface area contributed by atoms with Crippen LogP contribution in [0.25, 0.3) is 32.3 Å². The topological polar surface area (TPSA) is 6.48 Å². The van der Waals surface area contributed by atoms with Crippen molar-refractivity contribution in [3.63, 3.8) is 0 Å². The number of hydrogen-bond acceptors (Lipinski definition) is 3. The number of fused-ring (bicyclic) bond motifs is 16. The first-order valence-corrected chi connectivity index (χ1v) is 23.4. The fourth-order valence-corrected chi connectivity index (χ4v) is 13.1. The lowest BCUT2D eigenvalue weighted by atomic mass is 9.36. The quantitative estimate of drug-likeness (QED) is 0.164.